The second-order valence-electron chi connectivity index (χ2n) is 6.95. The van der Waals surface area contributed by atoms with Gasteiger partial charge in [0.25, 0.3) is 0 Å². The Bertz CT molecular complexity index is 1110. The quantitative estimate of drug-likeness (QED) is 0.402. The van der Waals surface area contributed by atoms with Crippen LogP contribution in [0.3, 0.4) is 0 Å². The van der Waals surface area contributed by atoms with E-state index in [2.05, 4.69) is 29.7 Å². The maximum absolute atomic E-state index is 12.9. The summed E-state index contributed by atoms with van der Waals surface area (Å²) in [5.74, 6) is 0.674. The lowest BCUT2D eigenvalue weighted by atomic mass is 10.0. The number of anilines is 1. The molecule has 3 aromatic carbocycles. The number of carbonyl (C=O) groups is 1. The molecule has 4 rings (SSSR count). The van der Waals surface area contributed by atoms with Gasteiger partial charge in [-0.1, -0.05) is 73.7 Å². The molecular formula is C24H24N3O+. The van der Waals surface area contributed by atoms with Crippen LogP contribution in [0.25, 0.3) is 22.2 Å². The van der Waals surface area contributed by atoms with Gasteiger partial charge in [0.15, 0.2) is 5.78 Å². The molecule has 0 spiro atoms. The molecule has 0 aliphatic heterocycles. The van der Waals surface area contributed by atoms with E-state index in [1.807, 2.05) is 65.2 Å². The minimum Gasteiger partial charge on any atom is -0.291 e. The van der Waals surface area contributed by atoms with E-state index in [0.29, 0.717) is 11.5 Å². The number of hydrogen-bond donors (Lipinski definition) is 1. The van der Waals surface area contributed by atoms with Crippen LogP contribution < -0.4 is 10.3 Å². The van der Waals surface area contributed by atoms with Gasteiger partial charge in [-0.2, -0.15) is 0 Å². The molecule has 140 valence electrons. The summed E-state index contributed by atoms with van der Waals surface area (Å²) in [6.45, 7) is 3.19. The summed E-state index contributed by atoms with van der Waals surface area (Å²) in [6, 6.07) is 26.0. The molecule has 4 aromatic rings. The summed E-state index contributed by atoms with van der Waals surface area (Å²) < 4.78 is 4.00. The predicted molar refractivity (Wildman–Crippen MR) is 113 cm³/mol. The third-order valence-corrected chi connectivity index (χ3v) is 5.08. The number of imidazole rings is 1. The Balaban J connectivity index is 1.63. The molecule has 0 saturated carbocycles. The maximum atomic E-state index is 12.9. The Labute approximate surface area is 164 Å². The van der Waals surface area contributed by atoms with Crippen LogP contribution in [0.5, 0.6) is 0 Å². The highest BCUT2D eigenvalue weighted by Crippen LogP contribution is 2.20. The van der Waals surface area contributed by atoms with Crippen LogP contribution in [0.1, 0.15) is 23.7 Å². The zero-order valence-electron chi connectivity index (χ0n) is 16.0. The molecule has 0 saturated heterocycles. The van der Waals surface area contributed by atoms with Crippen LogP contribution in [-0.4, -0.2) is 10.4 Å². The van der Waals surface area contributed by atoms with Gasteiger partial charge in [0.1, 0.15) is 17.6 Å². The molecule has 0 unspecified atom stereocenters. The number of nitrogens with zero attached hydrogens (tertiary/aromatic N) is 2. The van der Waals surface area contributed by atoms with Gasteiger partial charge < -0.3 is 0 Å². The molecule has 28 heavy (non-hydrogen) atoms. The molecule has 0 radical (unpaired) electrons. The number of aryl methyl sites for hydroxylation is 1. The largest absolute Gasteiger partial charge is 0.356 e. The van der Waals surface area contributed by atoms with Crippen molar-refractivity contribution in [2.24, 2.45) is 0 Å². The van der Waals surface area contributed by atoms with Crippen LogP contribution >= 0.6 is 0 Å². The van der Waals surface area contributed by atoms with Crippen molar-refractivity contribution in [2.75, 3.05) is 5.73 Å². The van der Waals surface area contributed by atoms with Gasteiger partial charge in [-0.15, -0.1) is 0 Å². The molecule has 0 atom stereocenters. The number of carbonyl (C=O) groups excluding carboxylic acids is 1. The standard InChI is InChI=1S/C24H23N3O/c1-2-16-26-21-10-6-7-11-22(21)27(24(26)25)17-23(28)20-14-12-19(13-15-20)18-8-4-3-5-9-18/h3-15,25H,2,16-17H2,1H3/p+1. The second-order valence-corrected chi connectivity index (χ2v) is 6.95. The summed E-state index contributed by atoms with van der Waals surface area (Å²) in [4.78, 5) is 12.9. The number of nitrogen functional groups attached to an aromatic ring is 1. The highest BCUT2D eigenvalue weighted by molar-refractivity contribution is 5.95. The van der Waals surface area contributed by atoms with Crippen molar-refractivity contribution >= 4 is 22.8 Å². The van der Waals surface area contributed by atoms with Gasteiger partial charge in [-0.3, -0.25) is 10.5 Å². The smallest absolute Gasteiger partial charge is 0.291 e. The Hall–Kier alpha value is -3.40. The number of benzene rings is 3. The van der Waals surface area contributed by atoms with Crippen molar-refractivity contribution in [3.8, 4) is 11.1 Å². The highest BCUT2D eigenvalue weighted by atomic mass is 16.1. The summed E-state index contributed by atoms with van der Waals surface area (Å²) in [5, 5.41) is 0. The topological polar surface area (TPSA) is 51.9 Å². The first-order valence-electron chi connectivity index (χ1n) is 9.64. The molecule has 4 nitrogen and oxygen atoms in total. The fourth-order valence-corrected chi connectivity index (χ4v) is 3.65. The zero-order valence-corrected chi connectivity index (χ0v) is 16.0. The van der Waals surface area contributed by atoms with Gasteiger partial charge in [0.2, 0.25) is 0 Å². The molecule has 0 fully saturated rings. The van der Waals surface area contributed by atoms with Crippen LogP contribution in [0.2, 0.25) is 0 Å². The van der Waals surface area contributed by atoms with E-state index in [1.54, 1.807) is 0 Å². The molecule has 0 aliphatic carbocycles. The Morgan fingerprint density at radius 1 is 0.893 bits per heavy atom. The average molecular weight is 370 g/mol. The van der Waals surface area contributed by atoms with Crippen LogP contribution in [-0.2, 0) is 13.1 Å². The Morgan fingerprint density at radius 2 is 1.54 bits per heavy atom. The van der Waals surface area contributed by atoms with Gasteiger partial charge in [-0.05, 0) is 29.7 Å². The van der Waals surface area contributed by atoms with E-state index in [9.17, 15) is 4.79 Å². The van der Waals surface area contributed by atoms with Gasteiger partial charge in [-0.25, -0.2) is 9.13 Å². The monoisotopic (exact) mass is 370 g/mol. The van der Waals surface area contributed by atoms with Crippen molar-refractivity contribution in [3.05, 3.63) is 84.4 Å². The lowest BCUT2D eigenvalue weighted by Gasteiger charge is -2.05. The normalized spacial score (nSPS) is 11.0. The number of nitrogens with two attached hydrogens (primary N) is 1. The average Bonchev–Trinajstić information content (AvgIpc) is 3.01. The minimum atomic E-state index is 0.0516. The lowest BCUT2D eigenvalue weighted by Crippen LogP contribution is -2.40. The highest BCUT2D eigenvalue weighted by Gasteiger charge is 2.22. The van der Waals surface area contributed by atoms with Crippen molar-refractivity contribution in [2.45, 2.75) is 26.4 Å². The number of fused-ring (bicyclic) bond motifs is 1. The van der Waals surface area contributed by atoms with Crippen LogP contribution in [0.4, 0.5) is 5.95 Å². The van der Waals surface area contributed by atoms with E-state index in [-0.39, 0.29) is 12.3 Å². The molecule has 0 aliphatic rings. The van der Waals surface area contributed by atoms with E-state index in [4.69, 9.17) is 5.73 Å². The number of aromatic nitrogens is 2. The second kappa shape index (κ2) is 7.69. The SMILES string of the molecule is CCCn1c(N)[n+](CC(=O)c2ccc(-c3ccccc3)cc2)c2ccccc21. The first kappa shape index (κ1) is 18.0. The summed E-state index contributed by atoms with van der Waals surface area (Å²) in [7, 11) is 0. The van der Waals surface area contributed by atoms with E-state index in [1.165, 1.54) is 0 Å². The number of rotatable bonds is 6. The fourth-order valence-electron chi connectivity index (χ4n) is 3.65. The fraction of sp³-hybridized carbons (Fsp3) is 0.167. The lowest BCUT2D eigenvalue weighted by molar-refractivity contribution is -0.642. The van der Waals surface area contributed by atoms with E-state index >= 15 is 0 Å². The van der Waals surface area contributed by atoms with Gasteiger partial charge in [0, 0.05) is 5.56 Å². The number of ketones is 1. The number of para-hydroxylation sites is 2. The van der Waals surface area contributed by atoms with E-state index < -0.39 is 0 Å². The molecule has 0 amide bonds. The van der Waals surface area contributed by atoms with Crippen LogP contribution in [0.15, 0.2) is 78.9 Å². The third kappa shape index (κ3) is 3.29. The van der Waals surface area contributed by atoms with Gasteiger partial charge >= 0.3 is 5.95 Å². The van der Waals surface area contributed by atoms with Gasteiger partial charge in [0.05, 0.1) is 6.54 Å². The maximum Gasteiger partial charge on any atom is 0.356 e. The molecular weight excluding hydrogens is 346 g/mol. The van der Waals surface area contributed by atoms with Crippen molar-refractivity contribution < 1.29 is 9.36 Å². The first-order valence-corrected chi connectivity index (χ1v) is 9.64. The molecule has 4 heteroatoms. The molecule has 0 bridgehead atoms. The Kier molecular flexibility index (Phi) is 4.94. The summed E-state index contributed by atoms with van der Waals surface area (Å²) >= 11 is 0. The van der Waals surface area contributed by atoms with Crippen LogP contribution in [0, 0.1) is 0 Å². The van der Waals surface area contributed by atoms with Crippen molar-refractivity contribution in [1.29, 1.82) is 0 Å². The Morgan fingerprint density at radius 3 is 2.25 bits per heavy atom. The molecule has 1 aromatic heterocycles. The first-order chi connectivity index (χ1) is 13.7. The molecule has 1 heterocycles. The van der Waals surface area contributed by atoms with Crippen molar-refractivity contribution in [1.82, 2.24) is 4.57 Å². The zero-order chi connectivity index (χ0) is 19.5. The predicted octanol–water partition coefficient (Wildman–Crippen LogP) is 4.47. The minimum absolute atomic E-state index is 0.0516. The van der Waals surface area contributed by atoms with E-state index in [0.717, 1.165) is 35.1 Å². The summed E-state index contributed by atoms with van der Waals surface area (Å²) in [6.07, 6.45) is 0.984. The number of hydrogen-bond acceptors (Lipinski definition) is 2. The van der Waals surface area contributed by atoms with Crippen molar-refractivity contribution in [3.63, 3.8) is 0 Å². The summed E-state index contributed by atoms with van der Waals surface area (Å²) in [5.41, 5.74) is 11.4. The third-order valence-electron chi connectivity index (χ3n) is 5.08. The number of Topliss-reactive ketones (excluding diaryl/α,β-unsaturated/α-hetero) is 1. The molecule has 2 N–H and O–H groups in total.